The fourth-order valence-electron chi connectivity index (χ4n) is 3.12. The molecule has 20 heteroatoms. The number of fused-ring (bicyclic) bond motifs is 1. The van der Waals surface area contributed by atoms with Crippen molar-refractivity contribution in [3.8, 4) is 0 Å². The molecule has 1 aromatic rings. The number of nitrogens with two attached hydrogens (primary N) is 1. The number of carbonyl (C=O) groups is 4. The Bertz CT molecular complexity index is 1040. The van der Waals surface area contributed by atoms with Gasteiger partial charge >= 0.3 is 17.6 Å². The maximum absolute atomic E-state index is 13.0. The number of thioether (sulfide) groups is 3. The maximum Gasteiger partial charge on any atom is 0.511 e. The minimum Gasteiger partial charge on any atom is -0.433 e. The standard InChI is InChI=1S/C17H20F3N7O7S3/c1-7(37-15-23-25-26-24-15)8-4-35-13-10(22-9(28)5-36-17(18,19)20)12(29)27(13)11(8)14(30)33-6-34-16(31)32-3-2-21/h7,10,13H,2-6,21H2,1H3,(H,22,28)(H,23,24,25,26)/t7?,10?,13-/m0/s1. The summed E-state index contributed by atoms with van der Waals surface area (Å²) in [5, 5.41) is 14.8. The van der Waals surface area contributed by atoms with Crippen LogP contribution in [0.3, 0.4) is 0 Å². The number of β-lactam (4-membered cyclic amide) rings is 1. The van der Waals surface area contributed by atoms with Crippen LogP contribution in [-0.4, -0.2) is 103 Å². The molecule has 2 unspecified atom stereocenters. The van der Waals surface area contributed by atoms with Crippen LogP contribution in [0.15, 0.2) is 16.4 Å². The molecule has 0 radical (unpaired) electrons. The van der Waals surface area contributed by atoms with Gasteiger partial charge in [-0.15, -0.1) is 22.0 Å². The van der Waals surface area contributed by atoms with Crippen molar-refractivity contribution < 1.29 is 46.6 Å². The van der Waals surface area contributed by atoms with Gasteiger partial charge in [0, 0.05) is 17.5 Å². The smallest absolute Gasteiger partial charge is 0.433 e. The largest absolute Gasteiger partial charge is 0.511 e. The van der Waals surface area contributed by atoms with Gasteiger partial charge in [-0.05, 0) is 29.5 Å². The van der Waals surface area contributed by atoms with Gasteiger partial charge < -0.3 is 25.3 Å². The summed E-state index contributed by atoms with van der Waals surface area (Å²) in [5.74, 6) is -3.42. The highest BCUT2D eigenvalue weighted by Crippen LogP contribution is 2.43. The number of rotatable bonds is 11. The van der Waals surface area contributed by atoms with Gasteiger partial charge in [-0.3, -0.25) is 14.5 Å². The first-order chi connectivity index (χ1) is 17.5. The lowest BCUT2D eigenvalue weighted by Gasteiger charge is -2.50. The predicted molar refractivity (Wildman–Crippen MR) is 123 cm³/mol. The van der Waals surface area contributed by atoms with Crippen molar-refractivity contribution in [3.63, 3.8) is 0 Å². The average molecular weight is 588 g/mol. The second-order valence-corrected chi connectivity index (χ2v) is 10.6. The Morgan fingerprint density at radius 1 is 1.32 bits per heavy atom. The first-order valence-corrected chi connectivity index (χ1v) is 13.2. The van der Waals surface area contributed by atoms with Crippen LogP contribution in [0.1, 0.15) is 6.92 Å². The van der Waals surface area contributed by atoms with Crippen LogP contribution in [0, 0.1) is 0 Å². The van der Waals surface area contributed by atoms with E-state index < -0.39 is 70.4 Å². The zero-order valence-corrected chi connectivity index (χ0v) is 21.3. The number of carbonyl (C=O) groups excluding carboxylic acids is 4. The molecule has 4 N–H and O–H groups in total. The number of aromatic amines is 1. The lowest BCUT2D eigenvalue weighted by molar-refractivity contribution is -0.157. The van der Waals surface area contributed by atoms with Gasteiger partial charge in [-0.1, -0.05) is 11.8 Å². The zero-order valence-electron chi connectivity index (χ0n) is 18.9. The number of H-pyrrole nitrogens is 1. The summed E-state index contributed by atoms with van der Waals surface area (Å²) >= 11 is 1.80. The van der Waals surface area contributed by atoms with Crippen LogP contribution in [-0.2, 0) is 28.6 Å². The molecule has 37 heavy (non-hydrogen) atoms. The minimum atomic E-state index is -4.60. The number of halogens is 3. The van der Waals surface area contributed by atoms with E-state index in [1.807, 2.05) is 0 Å². The van der Waals surface area contributed by atoms with E-state index in [2.05, 4.69) is 35.4 Å². The highest BCUT2D eigenvalue weighted by molar-refractivity contribution is 8.01. The third-order valence-electron chi connectivity index (χ3n) is 4.68. The van der Waals surface area contributed by atoms with Crippen LogP contribution in [0.4, 0.5) is 18.0 Å². The van der Waals surface area contributed by atoms with E-state index in [1.165, 1.54) is 11.8 Å². The number of esters is 1. The van der Waals surface area contributed by atoms with Crippen molar-refractivity contribution in [2.24, 2.45) is 5.73 Å². The van der Waals surface area contributed by atoms with E-state index in [1.54, 1.807) is 6.92 Å². The molecule has 3 heterocycles. The number of nitrogens with zero attached hydrogens (tertiary/aromatic N) is 4. The topological polar surface area (TPSA) is 192 Å². The molecular formula is C17H20F3N7O7S3. The van der Waals surface area contributed by atoms with Gasteiger partial charge in [0.15, 0.2) is 0 Å². The Labute approximate surface area is 219 Å². The van der Waals surface area contributed by atoms with E-state index in [9.17, 15) is 32.3 Å². The summed E-state index contributed by atoms with van der Waals surface area (Å²) in [4.78, 5) is 50.4. The fourth-order valence-corrected chi connectivity index (χ4v) is 5.91. The minimum absolute atomic E-state index is 0.0593. The molecule has 2 amide bonds. The van der Waals surface area contributed by atoms with E-state index in [0.29, 0.717) is 5.57 Å². The van der Waals surface area contributed by atoms with Crippen molar-refractivity contribution in [1.82, 2.24) is 30.8 Å². The Kier molecular flexibility index (Phi) is 9.90. The van der Waals surface area contributed by atoms with Crippen molar-refractivity contribution in [1.29, 1.82) is 0 Å². The van der Waals surface area contributed by atoms with Crippen LogP contribution in [0.25, 0.3) is 0 Å². The van der Waals surface area contributed by atoms with Crippen LogP contribution < -0.4 is 11.1 Å². The highest BCUT2D eigenvalue weighted by Gasteiger charge is 2.55. The second-order valence-electron chi connectivity index (χ2n) is 7.10. The summed E-state index contributed by atoms with van der Waals surface area (Å²) in [6.07, 6.45) is -1.12. The molecule has 0 aliphatic carbocycles. The Morgan fingerprint density at radius 2 is 2.08 bits per heavy atom. The Morgan fingerprint density at radius 3 is 2.73 bits per heavy atom. The Balaban J connectivity index is 1.73. The fraction of sp³-hybridized carbons (Fsp3) is 0.588. The van der Waals surface area contributed by atoms with Crippen LogP contribution in [0.2, 0.25) is 0 Å². The molecular weight excluding hydrogens is 567 g/mol. The van der Waals surface area contributed by atoms with Gasteiger partial charge in [0.1, 0.15) is 23.7 Å². The number of nitrogens with one attached hydrogen (secondary N) is 2. The van der Waals surface area contributed by atoms with Gasteiger partial charge in [-0.25, -0.2) is 9.59 Å². The van der Waals surface area contributed by atoms with Crippen molar-refractivity contribution in [2.75, 3.05) is 31.5 Å². The molecule has 1 saturated heterocycles. The first kappa shape index (κ1) is 28.9. The quantitative estimate of drug-likeness (QED) is 0.138. The van der Waals surface area contributed by atoms with Gasteiger partial charge in [0.25, 0.3) is 5.91 Å². The molecule has 0 spiro atoms. The SMILES string of the molecule is CC(Sc1nn[nH]n1)C1=C(C(=O)OCOC(=O)OCCN)N2C(=O)C(NC(=O)CSC(F)(F)F)[C@@H]2SC1. The molecule has 3 atom stereocenters. The van der Waals surface area contributed by atoms with Crippen molar-refractivity contribution in [3.05, 3.63) is 11.3 Å². The monoisotopic (exact) mass is 587 g/mol. The number of aromatic nitrogens is 4. The normalized spacial score (nSPS) is 20.0. The summed E-state index contributed by atoms with van der Waals surface area (Å²) in [5.41, 5.74) is 0.915. The third-order valence-corrected chi connectivity index (χ3v) is 7.74. The number of hydrogen-bond donors (Lipinski definition) is 3. The maximum atomic E-state index is 13.0. The molecule has 2 aliphatic heterocycles. The van der Waals surface area contributed by atoms with Crippen LogP contribution >= 0.6 is 35.3 Å². The zero-order chi connectivity index (χ0) is 27.2. The van der Waals surface area contributed by atoms with Gasteiger partial charge in [0.2, 0.25) is 17.9 Å². The summed E-state index contributed by atoms with van der Waals surface area (Å²) in [6.45, 7) is 0.857. The van der Waals surface area contributed by atoms with E-state index in [0.717, 1.165) is 16.7 Å². The summed E-state index contributed by atoms with van der Waals surface area (Å²) < 4.78 is 51.4. The lowest BCUT2D eigenvalue weighted by Crippen LogP contribution is -2.71. The summed E-state index contributed by atoms with van der Waals surface area (Å²) in [6, 6.07) is -1.14. The molecule has 1 fully saturated rings. The molecule has 14 nitrogen and oxygen atoms in total. The van der Waals surface area contributed by atoms with E-state index in [4.69, 9.17) is 10.5 Å². The molecule has 1 aromatic heterocycles. The predicted octanol–water partition coefficient (Wildman–Crippen LogP) is 0.200. The molecule has 2 aliphatic rings. The molecule has 3 rings (SSSR count). The van der Waals surface area contributed by atoms with Crippen molar-refractivity contribution in [2.45, 2.75) is 34.3 Å². The molecule has 0 saturated carbocycles. The van der Waals surface area contributed by atoms with E-state index >= 15 is 0 Å². The lowest BCUT2D eigenvalue weighted by atomic mass is 10.0. The van der Waals surface area contributed by atoms with E-state index in [-0.39, 0.29) is 29.8 Å². The highest BCUT2D eigenvalue weighted by atomic mass is 32.2. The summed E-state index contributed by atoms with van der Waals surface area (Å²) in [7, 11) is 0. The molecule has 0 bridgehead atoms. The number of amides is 2. The van der Waals surface area contributed by atoms with Gasteiger partial charge in [0.05, 0.1) is 5.75 Å². The number of hydrogen-bond acceptors (Lipinski definition) is 14. The number of alkyl halides is 3. The number of ether oxygens (including phenoxy) is 3. The first-order valence-electron chi connectivity index (χ1n) is 10.3. The third kappa shape index (κ3) is 7.65. The molecule has 204 valence electrons. The van der Waals surface area contributed by atoms with Crippen LogP contribution in [0.5, 0.6) is 0 Å². The molecule has 0 aromatic carbocycles. The average Bonchev–Trinajstić information content (AvgIpc) is 3.36. The Hall–Kier alpha value is -2.71. The number of tetrazole rings is 1. The second kappa shape index (κ2) is 12.7. The van der Waals surface area contributed by atoms with Crippen molar-refractivity contribution >= 4 is 59.2 Å². The van der Waals surface area contributed by atoms with Gasteiger partial charge in [-0.2, -0.15) is 18.4 Å².